The molecule has 0 aromatic heterocycles. The molecule has 12 rings (SSSR count). The summed E-state index contributed by atoms with van der Waals surface area (Å²) < 4.78 is 100. The Balaban J connectivity index is 0.000000169. The van der Waals surface area contributed by atoms with E-state index in [1.165, 1.54) is 45.5 Å². The molecule has 3 aliphatic carbocycles. The molecule has 0 fully saturated rings. The highest BCUT2D eigenvalue weighted by Gasteiger charge is 2.36. The standard InChI is InChI=1S/C29H26F5NO3.C29H30FNO3.C29H31NO3/c1-2-3-12-35-29(37)16(13-21-24(30)26(32)28(34)27(33)25(21)31)14-23(36)38-15-22-19-10-6-4-8-17(19)18-9-5-7-11-20(18)22;1-2-3-15-31-29(33)21(16-20-9-8-10-22(30)17-20)18-28(32)34-19-27-25-13-6-4-11-23(25)24-12-5-7-14-26(24)27;1-2-3-17-30-29(32)22(18-21-11-5-4-6-12-21)19-28(31)33-20-27-25-15-9-7-13-23(25)24-14-8-10-16-26(24)27/h4-11,16,22H,2-3,12-15H2,1H3,(H,35,37);4-14,17,21,27H,2-3,15-16,18-19H2,1H3,(H,31,33);4-16,22,27H,2-3,17-20H2,1H3,(H,30,32). The number of amides is 3. The molecule has 0 bridgehead atoms. The highest BCUT2D eigenvalue weighted by Crippen LogP contribution is 2.47. The van der Waals surface area contributed by atoms with Crippen LogP contribution < -0.4 is 16.0 Å². The number of fused-ring (bicyclic) bond motifs is 9. The van der Waals surface area contributed by atoms with Gasteiger partial charge in [-0.25, -0.2) is 26.3 Å². The van der Waals surface area contributed by atoms with Crippen LogP contribution in [-0.4, -0.2) is 75.1 Å². The Kier molecular flexibility index (Phi) is 27.7. The Morgan fingerprint density at radius 3 is 0.924 bits per heavy atom. The van der Waals surface area contributed by atoms with Crippen LogP contribution >= 0.6 is 0 Å². The summed E-state index contributed by atoms with van der Waals surface area (Å²) in [6, 6.07) is 64.3. The monoisotopic (exact) mass is 1430 g/mol. The van der Waals surface area contributed by atoms with Crippen molar-refractivity contribution in [2.45, 2.75) is 116 Å². The fourth-order valence-electron chi connectivity index (χ4n) is 13.9. The number of ether oxygens (including phenoxy) is 3. The van der Waals surface area contributed by atoms with Crippen molar-refractivity contribution in [2.75, 3.05) is 39.5 Å². The van der Waals surface area contributed by atoms with Gasteiger partial charge in [-0.2, -0.15) is 0 Å². The molecule has 0 saturated heterocycles. The van der Waals surface area contributed by atoms with E-state index < -0.39 is 83.1 Å². The van der Waals surface area contributed by atoms with E-state index in [-0.39, 0.29) is 87.0 Å². The van der Waals surface area contributed by atoms with E-state index in [9.17, 15) is 55.1 Å². The summed E-state index contributed by atoms with van der Waals surface area (Å²) in [7, 11) is 0. The number of carbonyl (C=O) groups is 6. The van der Waals surface area contributed by atoms with E-state index in [1.807, 2.05) is 141 Å². The van der Waals surface area contributed by atoms with Crippen molar-refractivity contribution >= 4 is 35.6 Å². The minimum Gasteiger partial charge on any atom is -0.465 e. The van der Waals surface area contributed by atoms with Crippen LogP contribution in [0.4, 0.5) is 26.3 Å². The van der Waals surface area contributed by atoms with Gasteiger partial charge < -0.3 is 30.2 Å². The number of rotatable bonds is 30. The van der Waals surface area contributed by atoms with Gasteiger partial charge >= 0.3 is 17.9 Å². The first-order chi connectivity index (χ1) is 51.0. The van der Waals surface area contributed by atoms with Crippen molar-refractivity contribution in [3.63, 3.8) is 0 Å². The van der Waals surface area contributed by atoms with Crippen LogP contribution in [0.5, 0.6) is 0 Å². The van der Waals surface area contributed by atoms with E-state index >= 15 is 0 Å². The topological polar surface area (TPSA) is 166 Å². The Morgan fingerprint density at radius 1 is 0.333 bits per heavy atom. The van der Waals surface area contributed by atoms with Crippen molar-refractivity contribution < 1.29 is 69.3 Å². The molecule has 9 aromatic carbocycles. The third-order valence-corrected chi connectivity index (χ3v) is 19.4. The number of unbranched alkanes of at least 4 members (excludes halogenated alkanes) is 3. The summed E-state index contributed by atoms with van der Waals surface area (Å²) in [5.41, 5.74) is 13.9. The van der Waals surface area contributed by atoms with Gasteiger partial charge in [-0.1, -0.05) is 228 Å². The first-order valence-corrected chi connectivity index (χ1v) is 36.1. The Morgan fingerprint density at radius 2 is 0.610 bits per heavy atom. The van der Waals surface area contributed by atoms with Gasteiger partial charge in [0.15, 0.2) is 23.3 Å². The van der Waals surface area contributed by atoms with Gasteiger partial charge in [-0.3, -0.25) is 28.8 Å². The van der Waals surface area contributed by atoms with Crippen molar-refractivity contribution in [1.82, 2.24) is 16.0 Å². The Labute approximate surface area is 609 Å². The van der Waals surface area contributed by atoms with Gasteiger partial charge in [0.1, 0.15) is 25.6 Å². The molecule has 0 radical (unpaired) electrons. The van der Waals surface area contributed by atoms with Crippen LogP contribution in [0, 0.1) is 52.7 Å². The van der Waals surface area contributed by atoms with Crippen LogP contribution in [0.2, 0.25) is 0 Å². The molecule has 3 amide bonds. The lowest BCUT2D eigenvalue weighted by Crippen LogP contribution is -2.35. The van der Waals surface area contributed by atoms with Crippen LogP contribution in [0.1, 0.15) is 146 Å². The number of halogens is 6. The molecule has 105 heavy (non-hydrogen) atoms. The van der Waals surface area contributed by atoms with Crippen molar-refractivity contribution in [2.24, 2.45) is 17.8 Å². The van der Waals surface area contributed by atoms with Crippen LogP contribution in [-0.2, 0) is 62.2 Å². The fourth-order valence-corrected chi connectivity index (χ4v) is 13.9. The zero-order chi connectivity index (χ0) is 74.4. The first kappa shape index (κ1) is 77.0. The second-order valence-corrected chi connectivity index (χ2v) is 26.6. The normalized spacial score (nSPS) is 13.1. The predicted octanol–water partition coefficient (Wildman–Crippen LogP) is 17.4. The third kappa shape index (κ3) is 19.6. The summed E-state index contributed by atoms with van der Waals surface area (Å²) in [5.74, 6) is -16.2. The van der Waals surface area contributed by atoms with E-state index in [0.717, 1.165) is 71.0 Å². The fraction of sp³-hybridized carbons (Fsp3) is 0.310. The molecule has 0 heterocycles. The molecule has 18 heteroatoms. The number of carbonyl (C=O) groups excluding carboxylic acids is 6. The number of esters is 3. The minimum atomic E-state index is -2.29. The average molecular weight is 1430 g/mol. The van der Waals surface area contributed by atoms with Crippen molar-refractivity contribution in [1.29, 1.82) is 0 Å². The quantitative estimate of drug-likeness (QED) is 0.00992. The Hall–Kier alpha value is -10.6. The summed E-state index contributed by atoms with van der Waals surface area (Å²) in [6.07, 6.45) is 4.45. The zero-order valence-corrected chi connectivity index (χ0v) is 59.2. The summed E-state index contributed by atoms with van der Waals surface area (Å²) in [6.45, 7) is 7.89. The van der Waals surface area contributed by atoms with Crippen molar-refractivity contribution in [3.05, 3.63) is 285 Å². The highest BCUT2D eigenvalue weighted by atomic mass is 19.2. The lowest BCUT2D eigenvalue weighted by Gasteiger charge is -2.19. The van der Waals surface area contributed by atoms with Gasteiger partial charge in [0.2, 0.25) is 23.5 Å². The number of hydrogen-bond acceptors (Lipinski definition) is 9. The van der Waals surface area contributed by atoms with Crippen LogP contribution in [0.25, 0.3) is 33.4 Å². The molecule has 9 aromatic rings. The van der Waals surface area contributed by atoms with Gasteiger partial charge in [-0.05, 0) is 129 Å². The molecule has 12 nitrogen and oxygen atoms in total. The molecule has 3 aliphatic rings. The molecule has 3 N–H and O–H groups in total. The summed E-state index contributed by atoms with van der Waals surface area (Å²) in [4.78, 5) is 76.9. The smallest absolute Gasteiger partial charge is 0.306 e. The maximum absolute atomic E-state index is 14.3. The van der Waals surface area contributed by atoms with Crippen molar-refractivity contribution in [3.8, 4) is 33.4 Å². The van der Waals surface area contributed by atoms with Crippen LogP contribution in [0.15, 0.2) is 200 Å². The Bertz CT molecular complexity index is 4350. The SMILES string of the molecule is CCCCNC(=O)C(CC(=O)OCC1c2ccccc2-c2ccccc21)Cc1c(F)c(F)c(F)c(F)c1F.CCCCNC(=O)C(CC(=O)OCC1c2ccccc2-c2ccccc21)Cc1cccc(F)c1.CCCCNC(=O)C(CC(=O)OCC1c2ccccc2-c2ccccc21)Cc1ccccc1. The average Bonchev–Trinajstić information content (AvgIpc) is 1.65. The maximum Gasteiger partial charge on any atom is 0.306 e. The number of nitrogens with one attached hydrogen (secondary N) is 3. The van der Waals surface area contributed by atoms with E-state index in [4.69, 9.17) is 14.2 Å². The predicted molar refractivity (Wildman–Crippen MR) is 392 cm³/mol. The van der Waals surface area contributed by atoms with E-state index in [2.05, 4.69) is 71.4 Å². The second-order valence-electron chi connectivity index (χ2n) is 26.6. The molecular weight excluding hydrogens is 1340 g/mol. The van der Waals surface area contributed by atoms with Gasteiger partial charge in [0.05, 0.1) is 37.0 Å². The molecule has 3 atom stereocenters. The molecule has 0 spiro atoms. The second kappa shape index (κ2) is 37.7. The number of benzene rings is 9. The minimum absolute atomic E-state index is 0.0207. The zero-order valence-electron chi connectivity index (χ0n) is 59.2. The molecule has 0 saturated carbocycles. The summed E-state index contributed by atoms with van der Waals surface area (Å²) >= 11 is 0. The van der Waals surface area contributed by atoms with Gasteiger partial charge in [0.25, 0.3) is 0 Å². The van der Waals surface area contributed by atoms with E-state index in [1.54, 1.807) is 12.1 Å². The van der Waals surface area contributed by atoms with E-state index in [0.29, 0.717) is 31.5 Å². The number of hydrogen-bond donors (Lipinski definition) is 3. The van der Waals surface area contributed by atoms with Gasteiger partial charge in [-0.15, -0.1) is 0 Å². The molecule has 546 valence electrons. The lowest BCUT2D eigenvalue weighted by atomic mass is 9.94. The highest BCUT2D eigenvalue weighted by molar-refractivity contribution is 5.87. The largest absolute Gasteiger partial charge is 0.465 e. The molecule has 0 aliphatic heterocycles. The first-order valence-electron chi connectivity index (χ1n) is 36.1. The molecule has 3 unspecified atom stereocenters. The lowest BCUT2D eigenvalue weighted by molar-refractivity contribution is -0.147. The summed E-state index contributed by atoms with van der Waals surface area (Å²) in [5, 5.41) is 8.45. The van der Waals surface area contributed by atoms with Gasteiger partial charge in [0, 0.05) is 43.0 Å². The van der Waals surface area contributed by atoms with Crippen LogP contribution in [0.3, 0.4) is 0 Å². The molecular formula is C87H87F6N3O9. The maximum atomic E-state index is 14.3. The third-order valence-electron chi connectivity index (χ3n) is 19.4.